The van der Waals surface area contributed by atoms with Crippen molar-refractivity contribution in [3.05, 3.63) is 34.7 Å². The highest BCUT2D eigenvalue weighted by Gasteiger charge is 2.55. The minimum Gasteiger partial charge on any atom is -0.481 e. The van der Waals surface area contributed by atoms with E-state index in [0.29, 0.717) is 19.5 Å². The molecule has 0 radical (unpaired) electrons. The number of para-hydroxylation sites is 2. The molecule has 0 bridgehead atoms. The maximum Gasteiger partial charge on any atom is 0.329 e. The summed E-state index contributed by atoms with van der Waals surface area (Å²) in [5.41, 5.74) is 0.556. The number of imidazole rings is 1. The second-order valence-electron chi connectivity index (χ2n) is 7.43. The van der Waals surface area contributed by atoms with Crippen LogP contribution in [0.4, 0.5) is 0 Å². The van der Waals surface area contributed by atoms with Crippen LogP contribution in [0.1, 0.15) is 26.2 Å². The van der Waals surface area contributed by atoms with Crippen LogP contribution in [0.15, 0.2) is 29.1 Å². The molecule has 7 heteroatoms. The van der Waals surface area contributed by atoms with E-state index in [-0.39, 0.29) is 30.6 Å². The number of carboxylic acid groups (broad SMARTS) is 1. The van der Waals surface area contributed by atoms with Crippen LogP contribution in [0, 0.1) is 11.3 Å². The van der Waals surface area contributed by atoms with Gasteiger partial charge in [-0.1, -0.05) is 18.6 Å². The van der Waals surface area contributed by atoms with E-state index in [1.165, 1.54) is 4.57 Å². The SMILES string of the molecule is CCn1c(=O)n(CC(=O)N2C[C@@H]3CCC[C@@]3(C(=O)O)C2)c2ccccc21. The quantitative estimate of drug-likeness (QED) is 0.899. The summed E-state index contributed by atoms with van der Waals surface area (Å²) in [6.45, 7) is 3.13. The summed E-state index contributed by atoms with van der Waals surface area (Å²) in [5.74, 6) is -0.950. The summed E-state index contributed by atoms with van der Waals surface area (Å²) < 4.78 is 3.16. The van der Waals surface area contributed by atoms with E-state index in [1.54, 1.807) is 9.47 Å². The van der Waals surface area contributed by atoms with Crippen molar-refractivity contribution in [2.24, 2.45) is 11.3 Å². The first-order chi connectivity index (χ1) is 12.5. The maximum atomic E-state index is 12.9. The number of aromatic nitrogens is 2. The van der Waals surface area contributed by atoms with Crippen LogP contribution < -0.4 is 5.69 Å². The number of aryl methyl sites for hydroxylation is 1. The number of benzene rings is 1. The number of nitrogens with zero attached hydrogens (tertiary/aromatic N) is 3. The van der Waals surface area contributed by atoms with Gasteiger partial charge in [0.15, 0.2) is 0 Å². The van der Waals surface area contributed by atoms with Gasteiger partial charge < -0.3 is 10.0 Å². The Hall–Kier alpha value is -2.57. The molecule has 7 nitrogen and oxygen atoms in total. The molecular formula is C19H23N3O4. The van der Waals surface area contributed by atoms with Gasteiger partial charge in [-0.25, -0.2) is 4.79 Å². The van der Waals surface area contributed by atoms with Gasteiger partial charge in [0.25, 0.3) is 0 Å². The lowest BCUT2D eigenvalue weighted by molar-refractivity contribution is -0.149. The molecule has 1 aromatic heterocycles. The Kier molecular flexibility index (Phi) is 3.89. The number of hydrogen-bond acceptors (Lipinski definition) is 3. The summed E-state index contributed by atoms with van der Waals surface area (Å²) in [5, 5.41) is 9.69. The van der Waals surface area contributed by atoms with Gasteiger partial charge in [0.2, 0.25) is 5.91 Å². The monoisotopic (exact) mass is 357 g/mol. The average Bonchev–Trinajstić information content (AvgIpc) is 3.25. The number of amides is 1. The smallest absolute Gasteiger partial charge is 0.329 e. The zero-order valence-corrected chi connectivity index (χ0v) is 14.9. The summed E-state index contributed by atoms with van der Waals surface area (Å²) in [6.07, 6.45) is 2.39. The van der Waals surface area contributed by atoms with Gasteiger partial charge in [-0.15, -0.1) is 0 Å². The van der Waals surface area contributed by atoms with Gasteiger partial charge in [-0.2, -0.15) is 0 Å². The molecule has 1 saturated heterocycles. The number of carbonyl (C=O) groups excluding carboxylic acids is 1. The molecule has 0 spiro atoms. The third-order valence-corrected chi connectivity index (χ3v) is 6.18. The number of likely N-dealkylation sites (tertiary alicyclic amines) is 1. The fourth-order valence-electron chi connectivity index (χ4n) is 4.79. The average molecular weight is 357 g/mol. The Morgan fingerprint density at radius 2 is 1.92 bits per heavy atom. The predicted octanol–water partition coefficient (Wildman–Crippen LogP) is 1.54. The molecule has 2 fully saturated rings. The van der Waals surface area contributed by atoms with Crippen molar-refractivity contribution in [1.82, 2.24) is 14.0 Å². The van der Waals surface area contributed by atoms with E-state index in [0.717, 1.165) is 23.9 Å². The fraction of sp³-hybridized carbons (Fsp3) is 0.526. The summed E-state index contributed by atoms with van der Waals surface area (Å²) in [6, 6.07) is 7.44. The molecule has 2 atom stereocenters. The van der Waals surface area contributed by atoms with E-state index in [9.17, 15) is 19.5 Å². The molecule has 0 unspecified atom stereocenters. The molecular weight excluding hydrogens is 334 g/mol. The van der Waals surface area contributed by atoms with Crippen molar-refractivity contribution in [3.63, 3.8) is 0 Å². The molecule has 1 aliphatic heterocycles. The fourth-order valence-corrected chi connectivity index (χ4v) is 4.79. The van der Waals surface area contributed by atoms with Crippen molar-refractivity contribution in [2.75, 3.05) is 13.1 Å². The molecule has 4 rings (SSSR count). The largest absolute Gasteiger partial charge is 0.481 e. The van der Waals surface area contributed by atoms with Gasteiger partial charge in [0.05, 0.1) is 16.4 Å². The van der Waals surface area contributed by atoms with E-state index in [1.807, 2.05) is 31.2 Å². The van der Waals surface area contributed by atoms with Gasteiger partial charge >= 0.3 is 11.7 Å². The lowest BCUT2D eigenvalue weighted by atomic mass is 9.81. The summed E-state index contributed by atoms with van der Waals surface area (Å²) in [7, 11) is 0. The molecule has 1 aliphatic carbocycles. The standard InChI is InChI=1S/C19H23N3O4/c1-2-21-14-7-3-4-8-15(14)22(18(21)26)11-16(23)20-10-13-6-5-9-19(13,12-20)17(24)25/h3-4,7-8,13H,2,5-6,9-12H2,1H3,(H,24,25)/t13-,19+/m0/s1. The number of carboxylic acids is 1. The zero-order chi connectivity index (χ0) is 18.5. The lowest BCUT2D eigenvalue weighted by Crippen LogP contribution is -2.39. The first-order valence-corrected chi connectivity index (χ1v) is 9.17. The summed E-state index contributed by atoms with van der Waals surface area (Å²) in [4.78, 5) is 39.0. The molecule has 26 heavy (non-hydrogen) atoms. The Labute approximate surface area is 150 Å². The topological polar surface area (TPSA) is 84.5 Å². The highest BCUT2D eigenvalue weighted by atomic mass is 16.4. The third-order valence-electron chi connectivity index (χ3n) is 6.18. The lowest BCUT2D eigenvalue weighted by Gasteiger charge is -2.23. The second-order valence-corrected chi connectivity index (χ2v) is 7.43. The highest BCUT2D eigenvalue weighted by Crippen LogP contribution is 2.48. The van der Waals surface area contributed by atoms with Crippen LogP contribution >= 0.6 is 0 Å². The molecule has 138 valence electrons. The first-order valence-electron chi connectivity index (χ1n) is 9.17. The molecule has 1 saturated carbocycles. The van der Waals surface area contributed by atoms with E-state index < -0.39 is 11.4 Å². The predicted molar refractivity (Wildman–Crippen MR) is 95.9 cm³/mol. The summed E-state index contributed by atoms with van der Waals surface area (Å²) >= 11 is 0. The van der Waals surface area contributed by atoms with Gasteiger partial charge in [-0.05, 0) is 37.8 Å². The number of fused-ring (bicyclic) bond motifs is 2. The third kappa shape index (κ3) is 2.29. The maximum absolute atomic E-state index is 12.9. The minimum absolute atomic E-state index is 0.0256. The first kappa shape index (κ1) is 16.9. The Morgan fingerprint density at radius 3 is 2.54 bits per heavy atom. The van der Waals surface area contributed by atoms with Crippen LogP contribution in [-0.2, 0) is 22.7 Å². The highest BCUT2D eigenvalue weighted by molar-refractivity contribution is 5.83. The van der Waals surface area contributed by atoms with Gasteiger partial charge in [0, 0.05) is 19.6 Å². The zero-order valence-electron chi connectivity index (χ0n) is 14.9. The van der Waals surface area contributed by atoms with Crippen molar-refractivity contribution >= 4 is 22.9 Å². The van der Waals surface area contributed by atoms with Crippen LogP contribution in [-0.4, -0.2) is 44.1 Å². The van der Waals surface area contributed by atoms with E-state index >= 15 is 0 Å². The van der Waals surface area contributed by atoms with Crippen molar-refractivity contribution < 1.29 is 14.7 Å². The number of rotatable bonds is 4. The van der Waals surface area contributed by atoms with Crippen LogP contribution in [0.25, 0.3) is 11.0 Å². The Morgan fingerprint density at radius 1 is 1.23 bits per heavy atom. The Bertz CT molecular complexity index is 944. The molecule has 1 aromatic carbocycles. The Balaban J connectivity index is 1.62. The van der Waals surface area contributed by atoms with Gasteiger partial charge in [-0.3, -0.25) is 18.7 Å². The van der Waals surface area contributed by atoms with Crippen LogP contribution in [0.5, 0.6) is 0 Å². The van der Waals surface area contributed by atoms with Crippen molar-refractivity contribution in [3.8, 4) is 0 Å². The normalized spacial score (nSPS) is 25.0. The molecule has 2 aromatic rings. The second kappa shape index (κ2) is 6.00. The molecule has 2 aliphatic rings. The van der Waals surface area contributed by atoms with Gasteiger partial charge in [0.1, 0.15) is 6.54 Å². The van der Waals surface area contributed by atoms with E-state index in [4.69, 9.17) is 0 Å². The number of hydrogen-bond donors (Lipinski definition) is 1. The minimum atomic E-state index is -0.796. The number of aliphatic carboxylic acids is 1. The number of carbonyl (C=O) groups is 2. The van der Waals surface area contributed by atoms with Crippen LogP contribution in [0.3, 0.4) is 0 Å². The molecule has 2 heterocycles. The molecule has 1 N–H and O–H groups in total. The molecule has 1 amide bonds. The van der Waals surface area contributed by atoms with E-state index in [2.05, 4.69) is 0 Å². The van der Waals surface area contributed by atoms with Crippen LogP contribution in [0.2, 0.25) is 0 Å². The van der Waals surface area contributed by atoms with Crippen molar-refractivity contribution in [1.29, 1.82) is 0 Å². The van der Waals surface area contributed by atoms with Crippen molar-refractivity contribution in [2.45, 2.75) is 39.3 Å².